The number of sulfonamides is 1. The first kappa shape index (κ1) is 15.0. The number of fused-ring (bicyclic) bond motifs is 1. The van der Waals surface area contributed by atoms with Gasteiger partial charge in [0.1, 0.15) is 0 Å². The van der Waals surface area contributed by atoms with Crippen LogP contribution in [-0.4, -0.2) is 30.4 Å². The molecular weight excluding hydrogens is 286 g/mol. The van der Waals surface area contributed by atoms with Crippen LogP contribution in [0.5, 0.6) is 0 Å². The summed E-state index contributed by atoms with van der Waals surface area (Å²) in [6.45, 7) is 2.33. The quantitative estimate of drug-likeness (QED) is 0.933. The number of hydrogen-bond donors (Lipinski definition) is 1. The van der Waals surface area contributed by atoms with E-state index in [1.54, 1.807) is 22.5 Å². The van der Waals surface area contributed by atoms with Gasteiger partial charge in [-0.25, -0.2) is 8.42 Å². The SMILES string of the molecule is Cc1ccc(CO)cc1S(=O)(=O)N1CCC2CCCCC21. The van der Waals surface area contributed by atoms with Crippen LogP contribution in [0, 0.1) is 12.8 Å². The highest BCUT2D eigenvalue weighted by molar-refractivity contribution is 7.89. The van der Waals surface area contributed by atoms with Gasteiger partial charge >= 0.3 is 0 Å². The van der Waals surface area contributed by atoms with Gasteiger partial charge in [0, 0.05) is 12.6 Å². The molecule has 1 aliphatic heterocycles. The topological polar surface area (TPSA) is 57.6 Å². The van der Waals surface area contributed by atoms with Crippen molar-refractivity contribution in [2.45, 2.75) is 56.6 Å². The van der Waals surface area contributed by atoms with Gasteiger partial charge in [0.2, 0.25) is 10.0 Å². The van der Waals surface area contributed by atoms with Gasteiger partial charge in [0.25, 0.3) is 0 Å². The molecule has 3 rings (SSSR count). The summed E-state index contributed by atoms with van der Waals surface area (Å²) >= 11 is 0. The first-order valence-corrected chi connectivity index (χ1v) is 9.20. The van der Waals surface area contributed by atoms with Crippen molar-refractivity contribution in [1.29, 1.82) is 0 Å². The number of aliphatic hydroxyl groups excluding tert-OH is 1. The maximum Gasteiger partial charge on any atom is 0.243 e. The van der Waals surface area contributed by atoms with Crippen molar-refractivity contribution in [1.82, 2.24) is 4.31 Å². The normalized spacial score (nSPS) is 26.8. The molecule has 2 fully saturated rings. The fraction of sp³-hybridized carbons (Fsp3) is 0.625. The van der Waals surface area contributed by atoms with Crippen molar-refractivity contribution >= 4 is 10.0 Å². The predicted octanol–water partition coefficient (Wildman–Crippen LogP) is 2.44. The summed E-state index contributed by atoms with van der Waals surface area (Å²) in [5.74, 6) is 0.537. The Morgan fingerprint density at radius 1 is 1.24 bits per heavy atom. The largest absolute Gasteiger partial charge is 0.392 e. The van der Waals surface area contributed by atoms with E-state index in [2.05, 4.69) is 0 Å². The fourth-order valence-electron chi connectivity index (χ4n) is 3.81. The average molecular weight is 309 g/mol. The highest BCUT2D eigenvalue weighted by Gasteiger charge is 2.42. The highest BCUT2D eigenvalue weighted by Crippen LogP contribution is 2.39. The molecule has 2 unspecified atom stereocenters. The van der Waals surface area contributed by atoms with Crippen LogP contribution in [0.25, 0.3) is 0 Å². The summed E-state index contributed by atoms with van der Waals surface area (Å²) in [7, 11) is -3.45. The molecule has 0 amide bonds. The maximum atomic E-state index is 13.0. The minimum atomic E-state index is -3.45. The Labute approximate surface area is 126 Å². The maximum absolute atomic E-state index is 13.0. The molecule has 1 saturated carbocycles. The van der Waals surface area contributed by atoms with Gasteiger partial charge in [-0.1, -0.05) is 25.0 Å². The van der Waals surface area contributed by atoms with E-state index in [0.717, 1.165) is 31.2 Å². The molecule has 1 aliphatic carbocycles. The molecule has 2 atom stereocenters. The zero-order valence-corrected chi connectivity index (χ0v) is 13.3. The van der Waals surface area contributed by atoms with Crippen LogP contribution in [0.4, 0.5) is 0 Å². The summed E-state index contributed by atoms with van der Waals surface area (Å²) < 4.78 is 27.8. The number of aliphatic hydroxyl groups is 1. The van der Waals surface area contributed by atoms with Gasteiger partial charge < -0.3 is 5.11 Å². The van der Waals surface area contributed by atoms with E-state index in [1.807, 2.05) is 6.92 Å². The van der Waals surface area contributed by atoms with Crippen molar-refractivity contribution in [2.24, 2.45) is 5.92 Å². The molecule has 4 nitrogen and oxygen atoms in total. The van der Waals surface area contributed by atoms with Crippen molar-refractivity contribution in [3.05, 3.63) is 29.3 Å². The first-order valence-electron chi connectivity index (χ1n) is 7.76. The van der Waals surface area contributed by atoms with E-state index in [9.17, 15) is 13.5 Å². The van der Waals surface area contributed by atoms with Crippen LogP contribution in [0.3, 0.4) is 0 Å². The minimum Gasteiger partial charge on any atom is -0.392 e. The van der Waals surface area contributed by atoms with Gasteiger partial charge in [-0.3, -0.25) is 0 Å². The van der Waals surface area contributed by atoms with Crippen molar-refractivity contribution in [3.8, 4) is 0 Å². The summed E-state index contributed by atoms with van der Waals surface area (Å²) in [6, 6.07) is 5.37. The lowest BCUT2D eigenvalue weighted by atomic mass is 9.86. The van der Waals surface area contributed by atoms with Crippen molar-refractivity contribution < 1.29 is 13.5 Å². The van der Waals surface area contributed by atoms with Crippen molar-refractivity contribution in [2.75, 3.05) is 6.54 Å². The molecule has 0 aromatic heterocycles. The van der Waals surface area contributed by atoms with E-state index in [-0.39, 0.29) is 12.6 Å². The van der Waals surface area contributed by atoms with Gasteiger partial charge in [-0.05, 0) is 49.3 Å². The third-order valence-corrected chi connectivity index (χ3v) is 7.05. The van der Waals surface area contributed by atoms with Gasteiger partial charge in [0.05, 0.1) is 11.5 Å². The molecule has 0 bridgehead atoms. The standard InChI is InChI=1S/C16H23NO3S/c1-12-6-7-13(11-18)10-16(12)21(19,20)17-9-8-14-4-2-3-5-15(14)17/h6-7,10,14-15,18H,2-5,8-9,11H2,1H3. The number of nitrogens with zero attached hydrogens (tertiary/aromatic N) is 1. The zero-order valence-electron chi connectivity index (χ0n) is 12.5. The molecule has 1 N–H and O–H groups in total. The van der Waals surface area contributed by atoms with Gasteiger partial charge in [-0.15, -0.1) is 0 Å². The van der Waals surface area contributed by atoms with E-state index in [1.165, 1.54) is 6.42 Å². The lowest BCUT2D eigenvalue weighted by Crippen LogP contribution is -2.39. The number of rotatable bonds is 3. The molecule has 21 heavy (non-hydrogen) atoms. The van der Waals surface area contributed by atoms with E-state index >= 15 is 0 Å². The van der Waals surface area contributed by atoms with Crippen LogP contribution >= 0.6 is 0 Å². The van der Waals surface area contributed by atoms with E-state index in [0.29, 0.717) is 22.9 Å². The summed E-state index contributed by atoms with van der Waals surface area (Å²) in [6.07, 6.45) is 5.49. The average Bonchev–Trinajstić information content (AvgIpc) is 2.92. The molecule has 5 heteroatoms. The summed E-state index contributed by atoms with van der Waals surface area (Å²) in [5.41, 5.74) is 1.41. The molecule has 1 aromatic rings. The molecule has 0 radical (unpaired) electrons. The molecule has 0 spiro atoms. The highest BCUT2D eigenvalue weighted by atomic mass is 32.2. The summed E-state index contributed by atoms with van der Waals surface area (Å²) in [4.78, 5) is 0.361. The number of benzene rings is 1. The minimum absolute atomic E-state index is 0.130. The lowest BCUT2D eigenvalue weighted by Gasteiger charge is -2.31. The third-order valence-electron chi connectivity index (χ3n) is 4.98. The second-order valence-corrected chi connectivity index (χ2v) is 8.13. The van der Waals surface area contributed by atoms with Crippen LogP contribution in [0.15, 0.2) is 23.1 Å². The Hall–Kier alpha value is -0.910. The van der Waals surface area contributed by atoms with E-state index in [4.69, 9.17) is 0 Å². The van der Waals surface area contributed by atoms with E-state index < -0.39 is 10.0 Å². The molecule has 2 aliphatic rings. The molecular formula is C16H23NO3S. The van der Waals surface area contributed by atoms with Crippen molar-refractivity contribution in [3.63, 3.8) is 0 Å². The first-order chi connectivity index (χ1) is 10.0. The zero-order chi connectivity index (χ0) is 15.0. The second kappa shape index (κ2) is 5.71. The Kier molecular flexibility index (Phi) is 4.08. The number of aryl methyl sites for hydroxylation is 1. The van der Waals surface area contributed by atoms with Crippen LogP contribution in [0.1, 0.15) is 43.2 Å². The Morgan fingerprint density at radius 3 is 2.76 bits per heavy atom. The Balaban J connectivity index is 1.97. The van der Waals surface area contributed by atoms with Crippen LogP contribution < -0.4 is 0 Å². The van der Waals surface area contributed by atoms with Gasteiger partial charge in [0.15, 0.2) is 0 Å². The fourth-order valence-corrected chi connectivity index (χ4v) is 5.82. The molecule has 1 heterocycles. The second-order valence-electron chi connectivity index (χ2n) is 6.27. The van der Waals surface area contributed by atoms with Crippen LogP contribution in [-0.2, 0) is 16.6 Å². The molecule has 1 aromatic carbocycles. The monoisotopic (exact) mass is 309 g/mol. The Bertz CT molecular complexity index is 626. The van der Waals surface area contributed by atoms with Gasteiger partial charge in [-0.2, -0.15) is 4.31 Å². The molecule has 1 saturated heterocycles. The number of hydrogen-bond acceptors (Lipinski definition) is 3. The Morgan fingerprint density at radius 2 is 2.00 bits per heavy atom. The van der Waals surface area contributed by atoms with Crippen LogP contribution in [0.2, 0.25) is 0 Å². The smallest absolute Gasteiger partial charge is 0.243 e. The third kappa shape index (κ3) is 2.62. The predicted molar refractivity (Wildman–Crippen MR) is 81.4 cm³/mol. The summed E-state index contributed by atoms with van der Waals surface area (Å²) in [5, 5.41) is 9.26. The molecule has 116 valence electrons. The lowest BCUT2D eigenvalue weighted by molar-refractivity contribution is 0.260.